The lowest BCUT2D eigenvalue weighted by Crippen LogP contribution is -2.35. The SMILES string of the molecule is C[C@H](CNC(=O)COC(=O)CNS(=O)(=O)c1ccc(C#N)cc1)c1ccccc1. The molecular weight excluding hydrogens is 394 g/mol. The number of sulfonamides is 1. The molecule has 152 valence electrons. The summed E-state index contributed by atoms with van der Waals surface area (Å²) in [4.78, 5) is 23.4. The molecule has 0 unspecified atom stereocenters. The summed E-state index contributed by atoms with van der Waals surface area (Å²) in [7, 11) is -3.93. The highest BCUT2D eigenvalue weighted by Gasteiger charge is 2.17. The van der Waals surface area contributed by atoms with Crippen molar-refractivity contribution in [1.82, 2.24) is 10.0 Å². The van der Waals surface area contributed by atoms with Crippen molar-refractivity contribution in [3.63, 3.8) is 0 Å². The van der Waals surface area contributed by atoms with Gasteiger partial charge >= 0.3 is 5.97 Å². The monoisotopic (exact) mass is 415 g/mol. The maximum atomic E-state index is 12.1. The number of carbonyl (C=O) groups excluding carboxylic acids is 2. The Morgan fingerprint density at radius 2 is 1.76 bits per heavy atom. The van der Waals surface area contributed by atoms with Gasteiger partial charge in [0, 0.05) is 6.54 Å². The van der Waals surface area contributed by atoms with Gasteiger partial charge in [-0.1, -0.05) is 37.3 Å². The van der Waals surface area contributed by atoms with E-state index < -0.39 is 35.1 Å². The van der Waals surface area contributed by atoms with Crippen LogP contribution in [-0.4, -0.2) is 40.0 Å². The number of hydrogen-bond donors (Lipinski definition) is 2. The summed E-state index contributed by atoms with van der Waals surface area (Å²) in [6, 6.07) is 16.7. The number of nitrogens with zero attached hydrogens (tertiary/aromatic N) is 1. The Kier molecular flexibility index (Phi) is 7.88. The zero-order chi connectivity index (χ0) is 21.3. The molecule has 2 aromatic rings. The number of nitrogens with one attached hydrogen (secondary N) is 2. The van der Waals surface area contributed by atoms with Crippen molar-refractivity contribution >= 4 is 21.9 Å². The van der Waals surface area contributed by atoms with Gasteiger partial charge in [-0.25, -0.2) is 8.42 Å². The van der Waals surface area contributed by atoms with Gasteiger partial charge < -0.3 is 10.1 Å². The molecule has 2 aromatic carbocycles. The highest BCUT2D eigenvalue weighted by molar-refractivity contribution is 7.89. The lowest BCUT2D eigenvalue weighted by molar-refractivity contribution is -0.147. The molecule has 9 heteroatoms. The van der Waals surface area contributed by atoms with Crippen molar-refractivity contribution in [3.05, 3.63) is 65.7 Å². The Hall–Kier alpha value is -3.22. The Bertz CT molecular complexity index is 983. The van der Waals surface area contributed by atoms with E-state index in [9.17, 15) is 18.0 Å². The van der Waals surface area contributed by atoms with Crippen LogP contribution in [-0.2, 0) is 24.3 Å². The average molecular weight is 415 g/mol. The largest absolute Gasteiger partial charge is 0.455 e. The van der Waals surface area contributed by atoms with Crippen molar-refractivity contribution in [2.45, 2.75) is 17.7 Å². The smallest absolute Gasteiger partial charge is 0.321 e. The van der Waals surface area contributed by atoms with Gasteiger partial charge in [-0.3, -0.25) is 9.59 Å². The number of nitriles is 1. The first-order valence-electron chi connectivity index (χ1n) is 8.79. The summed E-state index contributed by atoms with van der Waals surface area (Å²) in [5.74, 6) is -1.26. The van der Waals surface area contributed by atoms with E-state index in [0.717, 1.165) is 5.56 Å². The van der Waals surface area contributed by atoms with Crippen molar-refractivity contribution in [2.24, 2.45) is 0 Å². The van der Waals surface area contributed by atoms with Crippen molar-refractivity contribution in [2.75, 3.05) is 19.7 Å². The van der Waals surface area contributed by atoms with Crippen LogP contribution in [0, 0.1) is 11.3 Å². The minimum Gasteiger partial charge on any atom is -0.455 e. The van der Waals surface area contributed by atoms with Crippen molar-refractivity contribution in [3.8, 4) is 6.07 Å². The second kappa shape index (κ2) is 10.4. The van der Waals surface area contributed by atoms with Crippen LogP contribution in [0.5, 0.6) is 0 Å². The summed E-state index contributed by atoms with van der Waals surface area (Å²) in [6.07, 6.45) is 0. The van der Waals surface area contributed by atoms with E-state index in [2.05, 4.69) is 10.0 Å². The van der Waals surface area contributed by atoms with Gasteiger partial charge in [0.05, 0.1) is 16.5 Å². The van der Waals surface area contributed by atoms with Gasteiger partial charge in [-0.15, -0.1) is 0 Å². The quantitative estimate of drug-likeness (QED) is 0.595. The van der Waals surface area contributed by atoms with E-state index in [1.165, 1.54) is 24.3 Å². The van der Waals surface area contributed by atoms with Crippen LogP contribution in [0.15, 0.2) is 59.5 Å². The number of esters is 1. The maximum Gasteiger partial charge on any atom is 0.321 e. The van der Waals surface area contributed by atoms with Gasteiger partial charge in [-0.2, -0.15) is 9.98 Å². The molecule has 0 spiro atoms. The second-order valence-corrected chi connectivity index (χ2v) is 8.00. The summed E-state index contributed by atoms with van der Waals surface area (Å²) in [5.41, 5.74) is 1.39. The van der Waals surface area contributed by atoms with E-state index in [0.29, 0.717) is 12.1 Å². The predicted molar refractivity (Wildman–Crippen MR) is 105 cm³/mol. The zero-order valence-electron chi connectivity index (χ0n) is 15.8. The van der Waals surface area contributed by atoms with Crippen LogP contribution in [0.3, 0.4) is 0 Å². The van der Waals surface area contributed by atoms with Gasteiger partial charge in [-0.05, 0) is 35.7 Å². The minimum atomic E-state index is -3.93. The number of carbonyl (C=O) groups is 2. The van der Waals surface area contributed by atoms with Crippen LogP contribution >= 0.6 is 0 Å². The van der Waals surface area contributed by atoms with Gasteiger partial charge in [0.1, 0.15) is 6.54 Å². The van der Waals surface area contributed by atoms with Gasteiger partial charge in [0.25, 0.3) is 5.91 Å². The Morgan fingerprint density at radius 3 is 2.38 bits per heavy atom. The standard InChI is InChI=1S/C20H21N3O5S/c1-15(17-5-3-2-4-6-17)12-22-19(24)14-28-20(25)13-23-29(26,27)18-9-7-16(11-21)8-10-18/h2-10,15,23H,12-14H2,1H3,(H,22,24)/t15-/m1/s1. The molecule has 0 aliphatic rings. The molecule has 0 radical (unpaired) electrons. The molecule has 1 amide bonds. The van der Waals surface area contributed by atoms with Crippen LogP contribution in [0.4, 0.5) is 0 Å². The third kappa shape index (κ3) is 7.03. The van der Waals surface area contributed by atoms with Crippen molar-refractivity contribution in [1.29, 1.82) is 5.26 Å². The minimum absolute atomic E-state index is 0.0862. The zero-order valence-corrected chi connectivity index (χ0v) is 16.6. The summed E-state index contributed by atoms with van der Waals surface area (Å²) in [5, 5.41) is 11.4. The molecule has 0 aromatic heterocycles. The third-order valence-electron chi connectivity index (χ3n) is 4.04. The number of hydrogen-bond acceptors (Lipinski definition) is 6. The third-order valence-corrected chi connectivity index (χ3v) is 5.46. The van der Waals surface area contributed by atoms with Crippen molar-refractivity contribution < 1.29 is 22.7 Å². The summed E-state index contributed by atoms with van der Waals surface area (Å²) in [6.45, 7) is 1.22. The fourth-order valence-electron chi connectivity index (χ4n) is 2.36. The number of amides is 1. The first-order valence-corrected chi connectivity index (χ1v) is 10.3. The fourth-order valence-corrected chi connectivity index (χ4v) is 3.33. The van der Waals surface area contributed by atoms with E-state index in [1.807, 2.05) is 43.3 Å². The number of rotatable bonds is 9. The highest BCUT2D eigenvalue weighted by atomic mass is 32.2. The Balaban J connectivity index is 1.73. The lowest BCUT2D eigenvalue weighted by Gasteiger charge is -2.13. The molecule has 0 aliphatic heterocycles. The first kappa shape index (κ1) is 22.1. The van der Waals surface area contributed by atoms with Gasteiger partial charge in [0.2, 0.25) is 10.0 Å². The summed E-state index contributed by atoms with van der Waals surface area (Å²) < 4.78 is 31.1. The molecule has 0 heterocycles. The Labute approximate surface area is 169 Å². The molecule has 8 nitrogen and oxygen atoms in total. The molecule has 29 heavy (non-hydrogen) atoms. The molecule has 0 aliphatic carbocycles. The number of ether oxygens (including phenoxy) is 1. The average Bonchev–Trinajstić information content (AvgIpc) is 2.75. The molecule has 0 saturated heterocycles. The van der Waals surface area contributed by atoms with Crippen LogP contribution in [0.1, 0.15) is 24.0 Å². The predicted octanol–water partition coefficient (Wildman–Crippen LogP) is 1.30. The molecule has 1 atom stereocenters. The van der Waals surface area contributed by atoms with Crippen LogP contribution < -0.4 is 10.0 Å². The van der Waals surface area contributed by atoms with Crippen LogP contribution in [0.2, 0.25) is 0 Å². The van der Waals surface area contributed by atoms with E-state index in [-0.39, 0.29) is 10.8 Å². The molecule has 2 N–H and O–H groups in total. The molecule has 0 saturated carbocycles. The van der Waals surface area contributed by atoms with E-state index >= 15 is 0 Å². The van der Waals surface area contributed by atoms with Crippen LogP contribution in [0.25, 0.3) is 0 Å². The second-order valence-electron chi connectivity index (χ2n) is 6.24. The molecule has 2 rings (SSSR count). The van der Waals surface area contributed by atoms with Gasteiger partial charge in [0.15, 0.2) is 6.61 Å². The molecular formula is C20H21N3O5S. The topological polar surface area (TPSA) is 125 Å². The molecule has 0 fully saturated rings. The lowest BCUT2D eigenvalue weighted by atomic mass is 10.0. The maximum absolute atomic E-state index is 12.1. The number of benzene rings is 2. The molecule has 0 bridgehead atoms. The highest BCUT2D eigenvalue weighted by Crippen LogP contribution is 2.13. The summed E-state index contributed by atoms with van der Waals surface area (Å²) >= 11 is 0. The van der Waals surface area contributed by atoms with E-state index in [4.69, 9.17) is 10.00 Å². The first-order chi connectivity index (χ1) is 13.8. The Morgan fingerprint density at radius 1 is 1.10 bits per heavy atom. The fraction of sp³-hybridized carbons (Fsp3) is 0.250. The normalized spacial score (nSPS) is 11.9. The van der Waals surface area contributed by atoms with E-state index in [1.54, 1.807) is 0 Å².